The van der Waals surface area contributed by atoms with Gasteiger partial charge in [-0.25, -0.2) is 4.79 Å². The number of nitrogens with zero attached hydrogens (tertiary/aromatic N) is 1. The Hall–Kier alpha value is -3.42. The van der Waals surface area contributed by atoms with Crippen LogP contribution in [-0.4, -0.2) is 77.0 Å². The molecule has 188 valence electrons. The summed E-state index contributed by atoms with van der Waals surface area (Å²) in [5.74, 6) is -4.80. The third-order valence-corrected chi connectivity index (χ3v) is 4.38. The normalized spacial score (nSPS) is 13.3. The SMILES string of the molecule is CC(C)CC(NC(=O)C(CCCN=C(N)N)NC(=O)CN)C(=O)NC(CCC(=O)O)C(=O)O. The molecule has 0 aromatic rings. The van der Waals surface area contributed by atoms with Crippen LogP contribution in [0.2, 0.25) is 0 Å². The second-order valence-corrected chi connectivity index (χ2v) is 7.80. The van der Waals surface area contributed by atoms with Crippen LogP contribution in [0.3, 0.4) is 0 Å². The highest BCUT2D eigenvalue weighted by Gasteiger charge is 2.30. The van der Waals surface area contributed by atoms with Gasteiger partial charge in [0.25, 0.3) is 0 Å². The zero-order valence-electron chi connectivity index (χ0n) is 18.9. The molecule has 14 nitrogen and oxygen atoms in total. The lowest BCUT2D eigenvalue weighted by molar-refractivity contribution is -0.143. The number of hydrogen-bond donors (Lipinski definition) is 8. The van der Waals surface area contributed by atoms with E-state index in [4.69, 9.17) is 22.3 Å². The maximum Gasteiger partial charge on any atom is 0.326 e. The molecule has 14 heteroatoms. The molecule has 3 amide bonds. The van der Waals surface area contributed by atoms with Crippen LogP contribution >= 0.6 is 0 Å². The lowest BCUT2D eigenvalue weighted by Gasteiger charge is -2.25. The Balaban J connectivity index is 5.39. The van der Waals surface area contributed by atoms with Crippen molar-refractivity contribution in [3.8, 4) is 0 Å². The summed E-state index contributed by atoms with van der Waals surface area (Å²) in [4.78, 5) is 63.2. The van der Waals surface area contributed by atoms with Crippen LogP contribution in [0.5, 0.6) is 0 Å². The zero-order chi connectivity index (χ0) is 25.6. The molecule has 0 saturated heterocycles. The minimum atomic E-state index is -1.44. The number of hydrogen-bond acceptors (Lipinski definition) is 7. The van der Waals surface area contributed by atoms with E-state index in [0.29, 0.717) is 6.42 Å². The fourth-order valence-electron chi connectivity index (χ4n) is 2.80. The number of guanidine groups is 1. The molecule has 3 atom stereocenters. The summed E-state index contributed by atoms with van der Waals surface area (Å²) < 4.78 is 0. The molecule has 0 aromatic heterocycles. The molecular weight excluding hydrogens is 438 g/mol. The number of carbonyl (C=O) groups excluding carboxylic acids is 3. The fourth-order valence-corrected chi connectivity index (χ4v) is 2.80. The molecule has 0 rings (SSSR count). The Morgan fingerprint density at radius 3 is 1.94 bits per heavy atom. The Bertz CT molecular complexity index is 723. The van der Waals surface area contributed by atoms with Crippen molar-refractivity contribution >= 4 is 35.6 Å². The van der Waals surface area contributed by atoms with Crippen LogP contribution in [0, 0.1) is 5.92 Å². The molecule has 0 aromatic carbocycles. The molecule has 0 saturated carbocycles. The van der Waals surface area contributed by atoms with E-state index in [0.717, 1.165) is 0 Å². The van der Waals surface area contributed by atoms with Gasteiger partial charge in [-0.15, -0.1) is 0 Å². The third kappa shape index (κ3) is 13.6. The van der Waals surface area contributed by atoms with Gasteiger partial charge in [-0.05, 0) is 31.6 Å². The van der Waals surface area contributed by atoms with E-state index < -0.39 is 54.2 Å². The number of amides is 3. The molecular formula is C19H35N7O7. The van der Waals surface area contributed by atoms with Gasteiger partial charge in [0.05, 0.1) is 6.54 Å². The van der Waals surface area contributed by atoms with Gasteiger partial charge < -0.3 is 43.4 Å². The largest absolute Gasteiger partial charge is 0.481 e. The fraction of sp³-hybridized carbons (Fsp3) is 0.684. The second-order valence-electron chi connectivity index (χ2n) is 7.80. The van der Waals surface area contributed by atoms with E-state index in [-0.39, 0.29) is 44.2 Å². The average molecular weight is 474 g/mol. The quantitative estimate of drug-likeness (QED) is 0.0661. The van der Waals surface area contributed by atoms with Gasteiger partial charge in [-0.3, -0.25) is 24.2 Å². The molecule has 0 fully saturated rings. The highest BCUT2D eigenvalue weighted by molar-refractivity contribution is 5.93. The second kappa shape index (κ2) is 15.4. The van der Waals surface area contributed by atoms with E-state index in [1.807, 2.05) is 0 Å². The van der Waals surface area contributed by atoms with Crippen molar-refractivity contribution in [1.29, 1.82) is 0 Å². The minimum Gasteiger partial charge on any atom is -0.481 e. The minimum absolute atomic E-state index is 0.0534. The van der Waals surface area contributed by atoms with Crippen molar-refractivity contribution < 1.29 is 34.2 Å². The zero-order valence-corrected chi connectivity index (χ0v) is 18.9. The number of carboxylic acid groups (broad SMARTS) is 2. The predicted molar refractivity (Wildman–Crippen MR) is 119 cm³/mol. The summed E-state index contributed by atoms with van der Waals surface area (Å²) in [6, 6.07) is -3.58. The molecule has 33 heavy (non-hydrogen) atoms. The highest BCUT2D eigenvalue weighted by Crippen LogP contribution is 2.08. The van der Waals surface area contributed by atoms with E-state index in [9.17, 15) is 29.1 Å². The van der Waals surface area contributed by atoms with Crippen molar-refractivity contribution in [2.45, 2.75) is 64.1 Å². The molecule has 0 aliphatic rings. The molecule has 0 aliphatic heterocycles. The van der Waals surface area contributed by atoms with Gasteiger partial charge >= 0.3 is 11.9 Å². The van der Waals surface area contributed by atoms with Crippen molar-refractivity contribution in [2.24, 2.45) is 28.1 Å². The molecule has 0 heterocycles. The lowest BCUT2D eigenvalue weighted by Crippen LogP contribution is -2.56. The van der Waals surface area contributed by atoms with Crippen molar-refractivity contribution in [2.75, 3.05) is 13.1 Å². The maximum atomic E-state index is 12.8. The monoisotopic (exact) mass is 473 g/mol. The maximum absolute atomic E-state index is 12.8. The molecule has 0 aliphatic carbocycles. The van der Waals surface area contributed by atoms with E-state index >= 15 is 0 Å². The summed E-state index contributed by atoms with van der Waals surface area (Å²) in [5.41, 5.74) is 15.8. The van der Waals surface area contributed by atoms with Crippen molar-refractivity contribution in [1.82, 2.24) is 16.0 Å². The summed E-state index contributed by atoms with van der Waals surface area (Å²) in [6.45, 7) is 3.46. The molecule has 0 radical (unpaired) electrons. The molecule has 0 bridgehead atoms. The molecule has 3 unspecified atom stereocenters. The van der Waals surface area contributed by atoms with Gasteiger partial charge in [-0.2, -0.15) is 0 Å². The van der Waals surface area contributed by atoms with Gasteiger partial charge in [-0.1, -0.05) is 13.8 Å². The van der Waals surface area contributed by atoms with E-state index in [1.54, 1.807) is 13.8 Å². The number of nitrogens with one attached hydrogen (secondary N) is 3. The first-order chi connectivity index (χ1) is 15.4. The number of nitrogens with two attached hydrogens (primary N) is 3. The number of rotatable bonds is 16. The van der Waals surface area contributed by atoms with Crippen LogP contribution in [0.1, 0.15) is 46.0 Å². The highest BCUT2D eigenvalue weighted by atomic mass is 16.4. The molecule has 11 N–H and O–H groups in total. The van der Waals surface area contributed by atoms with Crippen LogP contribution in [0.4, 0.5) is 0 Å². The van der Waals surface area contributed by atoms with E-state index in [2.05, 4.69) is 20.9 Å². The van der Waals surface area contributed by atoms with Gasteiger partial charge in [0.1, 0.15) is 18.1 Å². The first-order valence-electron chi connectivity index (χ1n) is 10.5. The van der Waals surface area contributed by atoms with Gasteiger partial charge in [0, 0.05) is 13.0 Å². The van der Waals surface area contributed by atoms with Crippen molar-refractivity contribution in [3.05, 3.63) is 0 Å². The van der Waals surface area contributed by atoms with Gasteiger partial charge in [0.2, 0.25) is 17.7 Å². The first-order valence-corrected chi connectivity index (χ1v) is 10.5. The number of carbonyl (C=O) groups is 5. The summed E-state index contributed by atoms with van der Waals surface area (Å²) in [6.07, 6.45) is -0.104. The topological polar surface area (TPSA) is 252 Å². The Morgan fingerprint density at radius 2 is 1.45 bits per heavy atom. The van der Waals surface area contributed by atoms with Crippen molar-refractivity contribution in [3.63, 3.8) is 0 Å². The van der Waals surface area contributed by atoms with Crippen LogP contribution in [0.25, 0.3) is 0 Å². The first kappa shape index (κ1) is 29.6. The number of aliphatic carboxylic acids is 2. The lowest BCUT2D eigenvalue weighted by atomic mass is 10.0. The smallest absolute Gasteiger partial charge is 0.326 e. The Kier molecular flexibility index (Phi) is 13.8. The standard InChI is InChI=1S/C19H35N7O7/c1-10(2)8-13(17(31)25-12(18(32)33)5-6-15(28)29)26-16(30)11(24-14(27)9-20)4-3-7-23-19(21)22/h10-13H,3-9,20H2,1-2H3,(H,24,27)(H,25,31)(H,26,30)(H,28,29)(H,32,33)(H4,21,22,23). The predicted octanol–water partition coefficient (Wildman–Crippen LogP) is -2.55. The Morgan fingerprint density at radius 1 is 0.879 bits per heavy atom. The van der Waals surface area contributed by atoms with Crippen LogP contribution < -0.4 is 33.2 Å². The molecule has 0 spiro atoms. The number of aliphatic imine (C=N–C) groups is 1. The third-order valence-electron chi connectivity index (χ3n) is 4.38. The van der Waals surface area contributed by atoms with Gasteiger partial charge in [0.15, 0.2) is 5.96 Å². The average Bonchev–Trinajstić information content (AvgIpc) is 2.71. The number of carboxylic acids is 2. The van der Waals surface area contributed by atoms with Crippen LogP contribution in [0.15, 0.2) is 4.99 Å². The van der Waals surface area contributed by atoms with E-state index in [1.165, 1.54) is 0 Å². The summed E-state index contributed by atoms with van der Waals surface area (Å²) in [7, 11) is 0. The Labute approximate surface area is 191 Å². The van der Waals surface area contributed by atoms with Crippen LogP contribution in [-0.2, 0) is 24.0 Å². The summed E-state index contributed by atoms with van der Waals surface area (Å²) in [5, 5.41) is 25.3. The summed E-state index contributed by atoms with van der Waals surface area (Å²) >= 11 is 0.